The Bertz CT molecular complexity index is 726. The third-order valence-electron chi connectivity index (χ3n) is 3.49. The number of nitrogens with one attached hydrogen (secondary N) is 1. The van der Waals surface area contributed by atoms with Crippen molar-refractivity contribution in [1.82, 2.24) is 0 Å². The minimum Gasteiger partial charge on any atom is -0.388 e. The van der Waals surface area contributed by atoms with Gasteiger partial charge in [0.25, 0.3) is 5.69 Å². The van der Waals surface area contributed by atoms with Gasteiger partial charge in [-0.15, -0.1) is 0 Å². The zero-order chi connectivity index (χ0) is 16.8. The number of anilines is 1. The Morgan fingerprint density at radius 1 is 1.30 bits per heavy atom. The molecule has 0 bridgehead atoms. The van der Waals surface area contributed by atoms with Crippen molar-refractivity contribution in [2.75, 3.05) is 5.32 Å². The minimum absolute atomic E-state index is 0.0100. The molecule has 0 unspecified atom stereocenters. The average Bonchev–Trinajstić information content (AvgIpc) is 2.55. The second-order valence-electron chi connectivity index (χ2n) is 5.31. The molecule has 0 saturated carbocycles. The molecule has 118 valence electrons. The molecule has 0 aliphatic carbocycles. The topological polar surface area (TPSA) is 99.2 Å². The predicted octanol–water partition coefficient (Wildman–Crippen LogP) is 3.39. The molecule has 2 N–H and O–H groups in total. The molecule has 0 aliphatic rings. The minimum atomic E-state index is -0.604. The molecule has 2 aromatic rings. The number of nitrogens with zero attached hydrogens (tertiary/aromatic N) is 2. The summed E-state index contributed by atoms with van der Waals surface area (Å²) >= 11 is 0. The Hall–Kier alpha value is -2.91. The van der Waals surface area contributed by atoms with Crippen molar-refractivity contribution in [3.05, 3.63) is 69.8 Å². The molecule has 0 radical (unpaired) electrons. The maximum absolute atomic E-state index is 10.8. The highest BCUT2D eigenvalue weighted by atomic mass is 16.6. The second kappa shape index (κ2) is 7.38. The SMILES string of the molecule is C[C@H](C[C@@H](O)c1ccccc1)Nc1ccc([N+](=O)[O-])c(C#N)c1. The second-order valence-corrected chi connectivity index (χ2v) is 5.31. The Balaban J connectivity index is 2.04. The molecule has 0 amide bonds. The van der Waals surface area contributed by atoms with Crippen molar-refractivity contribution in [1.29, 1.82) is 5.26 Å². The molecule has 0 spiro atoms. The Kier molecular flexibility index (Phi) is 5.28. The van der Waals surface area contributed by atoms with E-state index < -0.39 is 11.0 Å². The fourth-order valence-electron chi connectivity index (χ4n) is 2.36. The third-order valence-corrected chi connectivity index (χ3v) is 3.49. The number of nitro groups is 1. The van der Waals surface area contributed by atoms with Crippen LogP contribution < -0.4 is 5.32 Å². The van der Waals surface area contributed by atoms with Gasteiger partial charge in [-0.3, -0.25) is 10.1 Å². The average molecular weight is 311 g/mol. The largest absolute Gasteiger partial charge is 0.388 e. The van der Waals surface area contributed by atoms with E-state index in [0.29, 0.717) is 12.1 Å². The molecule has 23 heavy (non-hydrogen) atoms. The van der Waals surface area contributed by atoms with E-state index in [-0.39, 0.29) is 17.3 Å². The van der Waals surface area contributed by atoms with Gasteiger partial charge in [0.1, 0.15) is 11.6 Å². The number of hydrogen-bond acceptors (Lipinski definition) is 5. The Labute approximate surface area is 134 Å². The Morgan fingerprint density at radius 3 is 2.61 bits per heavy atom. The van der Waals surface area contributed by atoms with Gasteiger partial charge in [-0.2, -0.15) is 5.26 Å². The molecule has 6 nitrogen and oxygen atoms in total. The van der Waals surface area contributed by atoms with E-state index >= 15 is 0 Å². The van der Waals surface area contributed by atoms with Crippen LogP contribution in [0.25, 0.3) is 0 Å². The van der Waals surface area contributed by atoms with Gasteiger partial charge < -0.3 is 10.4 Å². The monoisotopic (exact) mass is 311 g/mol. The quantitative estimate of drug-likeness (QED) is 0.629. The zero-order valence-electron chi connectivity index (χ0n) is 12.6. The van der Waals surface area contributed by atoms with Gasteiger partial charge in [0, 0.05) is 17.8 Å². The van der Waals surface area contributed by atoms with Crippen molar-refractivity contribution in [3.63, 3.8) is 0 Å². The number of benzene rings is 2. The van der Waals surface area contributed by atoms with Crippen LogP contribution in [0.3, 0.4) is 0 Å². The van der Waals surface area contributed by atoms with Crippen molar-refractivity contribution in [3.8, 4) is 6.07 Å². The maximum atomic E-state index is 10.8. The van der Waals surface area contributed by atoms with Gasteiger partial charge in [-0.05, 0) is 31.0 Å². The van der Waals surface area contributed by atoms with Crippen molar-refractivity contribution < 1.29 is 10.0 Å². The normalized spacial score (nSPS) is 12.9. The lowest BCUT2D eigenvalue weighted by Crippen LogP contribution is -2.18. The highest BCUT2D eigenvalue weighted by molar-refractivity contribution is 5.58. The highest BCUT2D eigenvalue weighted by Crippen LogP contribution is 2.24. The molecule has 6 heteroatoms. The van der Waals surface area contributed by atoms with Crippen LogP contribution in [-0.4, -0.2) is 16.1 Å². The lowest BCUT2D eigenvalue weighted by atomic mass is 10.0. The van der Waals surface area contributed by atoms with Gasteiger partial charge in [-0.25, -0.2) is 0 Å². The summed E-state index contributed by atoms with van der Waals surface area (Å²) < 4.78 is 0. The van der Waals surface area contributed by atoms with Gasteiger partial charge in [0.15, 0.2) is 0 Å². The van der Waals surface area contributed by atoms with E-state index in [1.54, 1.807) is 6.07 Å². The fraction of sp³-hybridized carbons (Fsp3) is 0.235. The summed E-state index contributed by atoms with van der Waals surface area (Å²) in [6.45, 7) is 1.90. The molecule has 0 aromatic heterocycles. The van der Waals surface area contributed by atoms with Crippen LogP contribution in [0, 0.1) is 21.4 Å². The molecule has 0 saturated heterocycles. The van der Waals surface area contributed by atoms with Gasteiger partial charge >= 0.3 is 0 Å². The number of nitro benzene ring substituents is 1. The number of aliphatic hydroxyl groups excluding tert-OH is 1. The number of hydrogen-bond donors (Lipinski definition) is 2. The smallest absolute Gasteiger partial charge is 0.287 e. The number of rotatable bonds is 6. The van der Waals surface area contributed by atoms with E-state index in [0.717, 1.165) is 5.56 Å². The number of aliphatic hydroxyl groups is 1. The standard InChI is InChI=1S/C17H17N3O3/c1-12(9-17(21)13-5-3-2-4-6-13)19-15-7-8-16(20(22)23)14(10-15)11-18/h2-8,10,12,17,19,21H,9H2,1H3/t12-,17-/m1/s1. The third kappa shape index (κ3) is 4.28. The van der Waals surface area contributed by atoms with Crippen LogP contribution in [0.2, 0.25) is 0 Å². The highest BCUT2D eigenvalue weighted by Gasteiger charge is 2.16. The molecular weight excluding hydrogens is 294 g/mol. The summed E-state index contributed by atoms with van der Waals surface area (Å²) in [4.78, 5) is 10.2. The van der Waals surface area contributed by atoms with Crippen LogP contribution in [-0.2, 0) is 0 Å². The van der Waals surface area contributed by atoms with Gasteiger partial charge in [0.2, 0.25) is 0 Å². The first-order valence-corrected chi connectivity index (χ1v) is 7.19. The van der Waals surface area contributed by atoms with E-state index in [2.05, 4.69) is 5.32 Å². The summed E-state index contributed by atoms with van der Waals surface area (Å²) in [5.41, 5.74) is 1.24. The van der Waals surface area contributed by atoms with Crippen LogP contribution in [0.15, 0.2) is 48.5 Å². The molecule has 2 aromatic carbocycles. The van der Waals surface area contributed by atoms with E-state index in [1.807, 2.05) is 43.3 Å². The Morgan fingerprint density at radius 2 is 2.00 bits per heavy atom. The van der Waals surface area contributed by atoms with Gasteiger partial charge in [0.05, 0.1) is 11.0 Å². The van der Waals surface area contributed by atoms with Crippen molar-refractivity contribution in [2.24, 2.45) is 0 Å². The van der Waals surface area contributed by atoms with Gasteiger partial charge in [-0.1, -0.05) is 30.3 Å². The van der Waals surface area contributed by atoms with Crippen LogP contribution in [0.4, 0.5) is 11.4 Å². The van der Waals surface area contributed by atoms with Crippen LogP contribution in [0.5, 0.6) is 0 Å². The predicted molar refractivity (Wildman–Crippen MR) is 86.9 cm³/mol. The van der Waals surface area contributed by atoms with E-state index in [1.165, 1.54) is 12.1 Å². The fourth-order valence-corrected chi connectivity index (χ4v) is 2.36. The molecule has 2 atom stereocenters. The lowest BCUT2D eigenvalue weighted by Gasteiger charge is -2.19. The maximum Gasteiger partial charge on any atom is 0.287 e. The summed E-state index contributed by atoms with van der Waals surface area (Å²) in [6.07, 6.45) is -0.129. The zero-order valence-corrected chi connectivity index (χ0v) is 12.6. The molecule has 0 heterocycles. The molecule has 0 aliphatic heterocycles. The van der Waals surface area contributed by atoms with E-state index in [4.69, 9.17) is 5.26 Å². The van der Waals surface area contributed by atoms with Crippen molar-refractivity contribution >= 4 is 11.4 Å². The summed E-state index contributed by atoms with van der Waals surface area (Å²) in [5.74, 6) is 0. The molecule has 2 rings (SSSR count). The first kappa shape index (κ1) is 16.5. The summed E-state index contributed by atoms with van der Waals surface area (Å²) in [6, 6.07) is 15.4. The molecular formula is C17H17N3O3. The lowest BCUT2D eigenvalue weighted by molar-refractivity contribution is -0.385. The molecule has 0 fully saturated rings. The van der Waals surface area contributed by atoms with E-state index in [9.17, 15) is 15.2 Å². The van der Waals surface area contributed by atoms with Crippen molar-refractivity contribution in [2.45, 2.75) is 25.5 Å². The first-order chi connectivity index (χ1) is 11.0. The number of nitriles is 1. The summed E-state index contributed by atoms with van der Waals surface area (Å²) in [5, 5.41) is 33.2. The van der Waals surface area contributed by atoms with Crippen LogP contribution >= 0.6 is 0 Å². The first-order valence-electron chi connectivity index (χ1n) is 7.19. The summed E-state index contributed by atoms with van der Waals surface area (Å²) in [7, 11) is 0. The van der Waals surface area contributed by atoms with Crippen LogP contribution in [0.1, 0.15) is 30.6 Å².